The predicted octanol–water partition coefficient (Wildman–Crippen LogP) is 2.79. The van der Waals surface area contributed by atoms with Crippen LogP contribution in [-0.2, 0) is 17.9 Å². The number of rotatable bonds is 7. The summed E-state index contributed by atoms with van der Waals surface area (Å²) in [5.41, 5.74) is 2.19. The highest BCUT2D eigenvalue weighted by molar-refractivity contribution is 5.71. The second-order valence-corrected chi connectivity index (χ2v) is 5.99. The largest absolute Gasteiger partial charge is 0.493 e. The van der Waals surface area contributed by atoms with Gasteiger partial charge in [0.05, 0.1) is 13.0 Å². The molecule has 0 unspecified atom stereocenters. The molecule has 0 amide bonds. The van der Waals surface area contributed by atoms with Gasteiger partial charge in [0.1, 0.15) is 6.61 Å². The average molecular weight is 327 g/mol. The Labute approximate surface area is 141 Å². The number of methoxy groups -OCH3 is 1. The summed E-state index contributed by atoms with van der Waals surface area (Å²) >= 11 is 0. The smallest absolute Gasteiger partial charge is 0.309 e. The maximum absolute atomic E-state index is 10.9. The molecule has 2 aromatic carbocycles. The maximum atomic E-state index is 10.9. The van der Waals surface area contributed by atoms with Gasteiger partial charge in [-0.15, -0.1) is 0 Å². The van der Waals surface area contributed by atoms with E-state index in [1.165, 1.54) is 0 Å². The van der Waals surface area contributed by atoms with E-state index in [0.29, 0.717) is 31.2 Å². The summed E-state index contributed by atoms with van der Waals surface area (Å²) in [7, 11) is 1.62. The summed E-state index contributed by atoms with van der Waals surface area (Å²) in [6.07, 6.45) is 0. The molecule has 24 heavy (non-hydrogen) atoms. The Kier molecular flexibility index (Phi) is 5.01. The first kappa shape index (κ1) is 16.3. The minimum absolute atomic E-state index is 0.236. The number of carboxylic acid groups (broad SMARTS) is 1. The molecule has 5 nitrogen and oxygen atoms in total. The van der Waals surface area contributed by atoms with Crippen LogP contribution in [0.2, 0.25) is 0 Å². The number of hydrogen-bond acceptors (Lipinski definition) is 4. The monoisotopic (exact) mass is 327 g/mol. The van der Waals surface area contributed by atoms with Gasteiger partial charge in [-0.2, -0.15) is 0 Å². The molecular weight excluding hydrogens is 306 g/mol. The van der Waals surface area contributed by atoms with Gasteiger partial charge in [0.25, 0.3) is 0 Å². The number of carboxylic acids is 1. The lowest BCUT2D eigenvalue weighted by Gasteiger charge is -2.36. The second-order valence-electron chi connectivity index (χ2n) is 5.99. The zero-order chi connectivity index (χ0) is 16.9. The third kappa shape index (κ3) is 3.86. The van der Waals surface area contributed by atoms with Crippen molar-refractivity contribution in [1.82, 2.24) is 4.90 Å². The Hall–Kier alpha value is -2.53. The summed E-state index contributed by atoms with van der Waals surface area (Å²) in [6, 6.07) is 15.8. The molecule has 2 aromatic rings. The van der Waals surface area contributed by atoms with Gasteiger partial charge in [-0.25, -0.2) is 0 Å². The first-order chi connectivity index (χ1) is 11.7. The number of hydrogen-bond donors (Lipinski definition) is 1. The van der Waals surface area contributed by atoms with E-state index in [0.717, 1.165) is 17.7 Å². The predicted molar refractivity (Wildman–Crippen MR) is 90.2 cm³/mol. The van der Waals surface area contributed by atoms with E-state index >= 15 is 0 Å². The van der Waals surface area contributed by atoms with E-state index in [4.69, 9.17) is 14.6 Å². The number of ether oxygens (including phenoxy) is 2. The molecule has 0 bridgehead atoms. The summed E-state index contributed by atoms with van der Waals surface area (Å²) in [5, 5.41) is 8.93. The Morgan fingerprint density at radius 2 is 1.88 bits per heavy atom. The van der Waals surface area contributed by atoms with Gasteiger partial charge in [0.2, 0.25) is 0 Å². The Bertz CT molecular complexity index is 696. The number of likely N-dealkylation sites (tertiary alicyclic amines) is 1. The topological polar surface area (TPSA) is 59.0 Å². The quantitative estimate of drug-likeness (QED) is 0.847. The van der Waals surface area contributed by atoms with Crippen LogP contribution in [0.25, 0.3) is 0 Å². The first-order valence-electron chi connectivity index (χ1n) is 7.94. The van der Waals surface area contributed by atoms with Gasteiger partial charge in [0.15, 0.2) is 11.5 Å². The van der Waals surface area contributed by atoms with Gasteiger partial charge < -0.3 is 14.6 Å². The summed E-state index contributed by atoms with van der Waals surface area (Å²) in [5.74, 6) is 0.449. The van der Waals surface area contributed by atoms with Crippen molar-refractivity contribution in [3.63, 3.8) is 0 Å². The molecule has 0 aromatic heterocycles. The minimum Gasteiger partial charge on any atom is -0.493 e. The molecule has 1 aliphatic heterocycles. The average Bonchev–Trinajstić information content (AvgIpc) is 2.56. The lowest BCUT2D eigenvalue weighted by Crippen LogP contribution is -2.49. The van der Waals surface area contributed by atoms with Gasteiger partial charge in [-0.05, 0) is 23.3 Å². The standard InChI is InChI=1S/C19H21NO4/c1-23-18-9-15(10-20-11-16(12-20)19(21)22)7-8-17(18)24-13-14-5-3-2-4-6-14/h2-9,16H,10-13H2,1H3,(H,21,22). The summed E-state index contributed by atoms with van der Waals surface area (Å²) in [6.45, 7) is 2.41. The zero-order valence-corrected chi connectivity index (χ0v) is 13.6. The van der Waals surface area contributed by atoms with Gasteiger partial charge in [0, 0.05) is 19.6 Å². The van der Waals surface area contributed by atoms with Gasteiger partial charge >= 0.3 is 5.97 Å². The van der Waals surface area contributed by atoms with Crippen LogP contribution in [0.4, 0.5) is 0 Å². The second kappa shape index (κ2) is 7.36. The first-order valence-corrected chi connectivity index (χ1v) is 7.94. The fraction of sp³-hybridized carbons (Fsp3) is 0.316. The van der Waals surface area contributed by atoms with Crippen LogP contribution >= 0.6 is 0 Å². The molecule has 0 spiro atoms. The molecule has 0 atom stereocenters. The van der Waals surface area contributed by atoms with E-state index in [2.05, 4.69) is 4.90 Å². The fourth-order valence-corrected chi connectivity index (χ4v) is 2.78. The summed E-state index contributed by atoms with van der Waals surface area (Å²) < 4.78 is 11.3. The Balaban J connectivity index is 1.60. The zero-order valence-electron chi connectivity index (χ0n) is 13.6. The lowest BCUT2D eigenvalue weighted by molar-refractivity contribution is -0.147. The van der Waals surface area contributed by atoms with Crippen molar-refractivity contribution in [3.05, 3.63) is 59.7 Å². The van der Waals surface area contributed by atoms with Crippen molar-refractivity contribution in [2.75, 3.05) is 20.2 Å². The molecule has 0 aliphatic carbocycles. The van der Waals surface area contributed by atoms with Crippen LogP contribution in [0.5, 0.6) is 11.5 Å². The SMILES string of the molecule is COc1cc(CN2CC(C(=O)O)C2)ccc1OCc1ccccc1. The van der Waals surface area contributed by atoms with Crippen molar-refractivity contribution in [2.45, 2.75) is 13.2 Å². The van der Waals surface area contributed by atoms with Crippen LogP contribution in [-0.4, -0.2) is 36.2 Å². The molecule has 1 saturated heterocycles. The van der Waals surface area contributed by atoms with E-state index < -0.39 is 5.97 Å². The normalized spacial score (nSPS) is 14.9. The third-order valence-corrected chi connectivity index (χ3v) is 4.18. The highest BCUT2D eigenvalue weighted by Crippen LogP contribution is 2.30. The van der Waals surface area contributed by atoms with E-state index in [1.807, 2.05) is 48.5 Å². The number of carbonyl (C=O) groups is 1. The summed E-state index contributed by atoms with van der Waals surface area (Å²) in [4.78, 5) is 13.0. The van der Waals surface area contributed by atoms with Crippen molar-refractivity contribution >= 4 is 5.97 Å². The van der Waals surface area contributed by atoms with Crippen molar-refractivity contribution < 1.29 is 19.4 Å². The molecule has 1 heterocycles. The molecule has 1 fully saturated rings. The third-order valence-electron chi connectivity index (χ3n) is 4.18. The lowest BCUT2D eigenvalue weighted by atomic mass is 9.99. The molecule has 5 heteroatoms. The van der Waals surface area contributed by atoms with Crippen LogP contribution in [0.15, 0.2) is 48.5 Å². The number of benzene rings is 2. The minimum atomic E-state index is -0.714. The highest BCUT2D eigenvalue weighted by atomic mass is 16.5. The van der Waals surface area contributed by atoms with Crippen molar-refractivity contribution in [2.24, 2.45) is 5.92 Å². The Morgan fingerprint density at radius 3 is 2.54 bits per heavy atom. The van der Waals surface area contributed by atoms with E-state index in [1.54, 1.807) is 7.11 Å². The molecule has 0 radical (unpaired) electrons. The molecule has 1 aliphatic rings. The molecular formula is C19H21NO4. The molecule has 3 rings (SSSR count). The molecule has 126 valence electrons. The van der Waals surface area contributed by atoms with Gasteiger partial charge in [-0.3, -0.25) is 9.69 Å². The van der Waals surface area contributed by atoms with Crippen LogP contribution < -0.4 is 9.47 Å². The van der Waals surface area contributed by atoms with E-state index in [9.17, 15) is 4.79 Å². The van der Waals surface area contributed by atoms with Crippen LogP contribution in [0.3, 0.4) is 0 Å². The molecule has 0 saturated carbocycles. The van der Waals surface area contributed by atoms with Gasteiger partial charge in [-0.1, -0.05) is 36.4 Å². The molecule has 1 N–H and O–H groups in total. The fourth-order valence-electron chi connectivity index (χ4n) is 2.78. The van der Waals surface area contributed by atoms with Crippen LogP contribution in [0, 0.1) is 5.92 Å². The van der Waals surface area contributed by atoms with Crippen molar-refractivity contribution in [1.29, 1.82) is 0 Å². The highest BCUT2D eigenvalue weighted by Gasteiger charge is 2.32. The Morgan fingerprint density at radius 1 is 1.12 bits per heavy atom. The maximum Gasteiger partial charge on any atom is 0.309 e. The van der Waals surface area contributed by atoms with E-state index in [-0.39, 0.29) is 5.92 Å². The number of aliphatic carboxylic acids is 1. The van der Waals surface area contributed by atoms with Crippen molar-refractivity contribution in [3.8, 4) is 11.5 Å². The number of nitrogens with zero attached hydrogens (tertiary/aromatic N) is 1. The van der Waals surface area contributed by atoms with Crippen LogP contribution in [0.1, 0.15) is 11.1 Å².